The smallest absolute Gasteiger partial charge is 0.240 e. The van der Waals surface area contributed by atoms with Crippen LogP contribution in [0.3, 0.4) is 0 Å². The van der Waals surface area contributed by atoms with Crippen LogP contribution >= 0.6 is 0 Å². The van der Waals surface area contributed by atoms with Crippen LogP contribution in [0.5, 0.6) is 0 Å². The summed E-state index contributed by atoms with van der Waals surface area (Å²) in [7, 11) is 0. The van der Waals surface area contributed by atoms with Crippen LogP contribution in [-0.2, 0) is 9.59 Å². The minimum absolute atomic E-state index is 0.223. The number of anilines is 1. The molecule has 0 radical (unpaired) electrons. The number of nitriles is 1. The number of imide groups is 1. The van der Waals surface area contributed by atoms with E-state index in [2.05, 4.69) is 6.07 Å². The maximum atomic E-state index is 13.7. The average Bonchev–Trinajstić information content (AvgIpc) is 3.26. The van der Waals surface area contributed by atoms with E-state index in [4.69, 9.17) is 0 Å². The third kappa shape index (κ3) is 2.05. The lowest BCUT2D eigenvalue weighted by atomic mass is 9.85. The van der Waals surface area contributed by atoms with Crippen molar-refractivity contribution in [3.8, 4) is 6.07 Å². The Morgan fingerprint density at radius 1 is 0.833 bits per heavy atom. The number of hydrogen-bond donors (Lipinski definition) is 0. The zero-order valence-corrected chi connectivity index (χ0v) is 16.0. The Morgan fingerprint density at radius 2 is 1.57 bits per heavy atom. The first kappa shape index (κ1) is 17.0. The molecule has 2 saturated heterocycles. The molecule has 2 fully saturated rings. The van der Waals surface area contributed by atoms with Crippen molar-refractivity contribution in [1.82, 2.24) is 4.90 Å². The van der Waals surface area contributed by atoms with Gasteiger partial charge >= 0.3 is 0 Å². The van der Waals surface area contributed by atoms with E-state index in [9.17, 15) is 14.9 Å². The molecule has 0 saturated carbocycles. The molecule has 3 aromatic carbocycles. The van der Waals surface area contributed by atoms with Crippen molar-refractivity contribution in [3.63, 3.8) is 0 Å². The summed E-state index contributed by atoms with van der Waals surface area (Å²) in [6.45, 7) is 0. The van der Waals surface area contributed by atoms with Crippen LogP contribution in [0.25, 0.3) is 16.8 Å². The largest absolute Gasteiger partial charge is 0.353 e. The van der Waals surface area contributed by atoms with Crippen molar-refractivity contribution >= 4 is 34.4 Å². The van der Waals surface area contributed by atoms with Gasteiger partial charge in [-0.2, -0.15) is 5.26 Å². The number of benzene rings is 3. The van der Waals surface area contributed by atoms with Crippen LogP contribution in [0.1, 0.15) is 17.2 Å². The molecule has 0 bridgehead atoms. The fraction of sp³-hybridized carbons (Fsp3) is 0.160. The van der Waals surface area contributed by atoms with Gasteiger partial charge in [0.15, 0.2) is 0 Å². The van der Waals surface area contributed by atoms with Gasteiger partial charge in [-0.25, -0.2) is 4.90 Å². The van der Waals surface area contributed by atoms with Gasteiger partial charge < -0.3 is 4.90 Å². The van der Waals surface area contributed by atoms with Crippen molar-refractivity contribution in [2.24, 2.45) is 11.8 Å². The van der Waals surface area contributed by atoms with Gasteiger partial charge in [-0.05, 0) is 28.7 Å². The van der Waals surface area contributed by atoms with Gasteiger partial charge in [-0.3, -0.25) is 9.59 Å². The number of hydrogen-bond acceptors (Lipinski definition) is 4. The molecule has 3 aromatic rings. The Balaban J connectivity index is 1.52. The lowest BCUT2D eigenvalue weighted by Crippen LogP contribution is -2.40. The van der Waals surface area contributed by atoms with Crippen LogP contribution in [0.15, 0.2) is 72.9 Å². The number of carbonyl (C=O) groups excluding carboxylic acids is 2. The number of nitrogens with zero attached hydrogens (tertiary/aromatic N) is 3. The molecule has 0 N–H and O–H groups in total. The zero-order chi connectivity index (χ0) is 20.4. The molecule has 5 nitrogen and oxygen atoms in total. The molecule has 30 heavy (non-hydrogen) atoms. The van der Waals surface area contributed by atoms with Crippen LogP contribution in [0.2, 0.25) is 0 Å². The van der Waals surface area contributed by atoms with Crippen molar-refractivity contribution in [2.45, 2.75) is 12.1 Å². The molecule has 0 aliphatic carbocycles. The third-order valence-corrected chi connectivity index (χ3v) is 6.60. The van der Waals surface area contributed by atoms with Crippen molar-refractivity contribution in [2.75, 3.05) is 4.90 Å². The Hall–Kier alpha value is -3.91. The molecule has 5 heteroatoms. The molecule has 3 aliphatic heterocycles. The first-order chi connectivity index (χ1) is 14.7. The lowest BCUT2D eigenvalue weighted by molar-refractivity contribution is -0.123. The maximum absolute atomic E-state index is 13.7. The fourth-order valence-electron chi connectivity index (χ4n) is 5.35. The standard InChI is InChI=1S/C25H17N3O2/c26-14-20-21-22(23-18-10-4-2-7-16(18)12-13-27(20)23)25(30)28(24(21)29)19-11-5-8-15-6-1-3-9-17(15)19/h1-13,20-23H/t20-,21+,22+,23?/m1/s1. The topological polar surface area (TPSA) is 64.4 Å². The van der Waals surface area contributed by atoms with Crippen LogP contribution in [0.4, 0.5) is 5.69 Å². The summed E-state index contributed by atoms with van der Waals surface area (Å²) < 4.78 is 0. The van der Waals surface area contributed by atoms with Gasteiger partial charge in [-0.15, -0.1) is 0 Å². The number of rotatable bonds is 1. The van der Waals surface area contributed by atoms with E-state index < -0.39 is 17.9 Å². The molecule has 3 heterocycles. The summed E-state index contributed by atoms with van der Waals surface area (Å²) in [6, 6.07) is 22.6. The summed E-state index contributed by atoms with van der Waals surface area (Å²) in [6.07, 6.45) is 3.82. The number of carbonyl (C=O) groups is 2. The van der Waals surface area contributed by atoms with E-state index in [0.717, 1.165) is 21.9 Å². The summed E-state index contributed by atoms with van der Waals surface area (Å²) >= 11 is 0. The predicted molar refractivity (Wildman–Crippen MR) is 113 cm³/mol. The Bertz CT molecular complexity index is 1300. The van der Waals surface area contributed by atoms with Gasteiger partial charge in [0.25, 0.3) is 0 Å². The molecule has 1 unspecified atom stereocenters. The van der Waals surface area contributed by atoms with E-state index >= 15 is 0 Å². The van der Waals surface area contributed by atoms with Crippen molar-refractivity contribution in [1.29, 1.82) is 5.26 Å². The Morgan fingerprint density at radius 3 is 2.43 bits per heavy atom. The van der Waals surface area contributed by atoms with Crippen molar-refractivity contribution < 1.29 is 9.59 Å². The fourth-order valence-corrected chi connectivity index (χ4v) is 5.35. The SMILES string of the molecule is N#C[C@@H]1[C@@H]2C(=O)N(c3cccc4ccccc34)C(=O)[C@@H]2C2c3ccccc3C=CN21. The number of fused-ring (bicyclic) bond motifs is 6. The first-order valence-electron chi connectivity index (χ1n) is 10.0. The predicted octanol–water partition coefficient (Wildman–Crippen LogP) is 3.88. The highest BCUT2D eigenvalue weighted by molar-refractivity contribution is 6.25. The molecular weight excluding hydrogens is 374 g/mol. The minimum Gasteiger partial charge on any atom is -0.353 e. The van der Waals surface area contributed by atoms with E-state index in [1.54, 1.807) is 0 Å². The molecular formula is C25H17N3O2. The van der Waals surface area contributed by atoms with Crippen LogP contribution in [-0.4, -0.2) is 22.8 Å². The van der Waals surface area contributed by atoms with Gasteiger partial charge in [0.1, 0.15) is 6.04 Å². The highest BCUT2D eigenvalue weighted by Crippen LogP contribution is 2.53. The highest BCUT2D eigenvalue weighted by Gasteiger charge is 2.63. The molecule has 0 spiro atoms. The summed E-state index contributed by atoms with van der Waals surface area (Å²) in [5.41, 5.74) is 2.62. The Kier molecular flexibility index (Phi) is 3.42. The van der Waals surface area contributed by atoms with Gasteiger partial charge in [0.05, 0.1) is 29.6 Å². The normalized spacial score (nSPS) is 26.5. The molecule has 6 rings (SSSR count). The second-order valence-corrected chi connectivity index (χ2v) is 7.97. The average molecular weight is 391 g/mol. The minimum atomic E-state index is -0.678. The van der Waals surface area contributed by atoms with E-state index in [1.165, 1.54) is 4.90 Å². The number of amides is 2. The monoisotopic (exact) mass is 391 g/mol. The quantitative estimate of drug-likeness (QED) is 0.591. The molecule has 0 aromatic heterocycles. The Labute approximate surface area is 173 Å². The molecule has 3 aliphatic rings. The zero-order valence-electron chi connectivity index (χ0n) is 16.0. The third-order valence-electron chi connectivity index (χ3n) is 6.60. The molecule has 144 valence electrons. The van der Waals surface area contributed by atoms with Crippen molar-refractivity contribution in [3.05, 3.63) is 84.1 Å². The summed E-state index contributed by atoms with van der Waals surface area (Å²) in [5, 5.41) is 11.8. The van der Waals surface area contributed by atoms with Gasteiger partial charge in [0.2, 0.25) is 11.8 Å². The maximum Gasteiger partial charge on any atom is 0.240 e. The summed E-state index contributed by atoms with van der Waals surface area (Å²) in [4.78, 5) is 30.5. The van der Waals surface area contributed by atoms with Gasteiger partial charge in [0, 0.05) is 11.6 Å². The lowest BCUT2D eigenvalue weighted by Gasteiger charge is -2.33. The molecule has 2 amide bonds. The summed E-state index contributed by atoms with van der Waals surface area (Å²) in [5.74, 6) is -1.76. The highest BCUT2D eigenvalue weighted by atomic mass is 16.2. The van der Waals surface area contributed by atoms with E-state index in [-0.39, 0.29) is 17.9 Å². The second kappa shape index (κ2) is 6.04. The van der Waals surface area contributed by atoms with Crippen LogP contribution < -0.4 is 4.90 Å². The van der Waals surface area contributed by atoms with E-state index in [1.807, 2.05) is 83.9 Å². The van der Waals surface area contributed by atoms with E-state index in [0.29, 0.717) is 5.69 Å². The molecule has 4 atom stereocenters. The van der Waals surface area contributed by atoms with Crippen LogP contribution in [0, 0.1) is 23.2 Å². The second-order valence-electron chi connectivity index (χ2n) is 7.97. The van der Waals surface area contributed by atoms with Gasteiger partial charge in [-0.1, -0.05) is 60.7 Å². The first-order valence-corrected chi connectivity index (χ1v) is 10.0.